The molecule has 0 aromatic heterocycles. The molecule has 0 fully saturated rings. The molecule has 1 rings (SSSR count). The molecule has 1 amide bonds. The summed E-state index contributed by atoms with van der Waals surface area (Å²) in [7, 11) is -5.03. The lowest BCUT2D eigenvalue weighted by Gasteiger charge is -2.20. The van der Waals surface area contributed by atoms with Crippen molar-refractivity contribution in [2.24, 2.45) is 4.99 Å². The van der Waals surface area contributed by atoms with Crippen molar-refractivity contribution < 1.29 is 27.6 Å². The van der Waals surface area contributed by atoms with E-state index in [0.29, 0.717) is 0 Å². The van der Waals surface area contributed by atoms with Gasteiger partial charge in [-0.15, -0.1) is 0 Å². The molecule has 0 N–H and O–H groups in total. The molecule has 0 saturated heterocycles. The van der Waals surface area contributed by atoms with Crippen LogP contribution < -0.4 is 0 Å². The van der Waals surface area contributed by atoms with Crippen LogP contribution in [0.3, 0.4) is 0 Å². The van der Waals surface area contributed by atoms with Gasteiger partial charge in [0, 0.05) is 5.56 Å². The molecule has 0 atom stereocenters. The van der Waals surface area contributed by atoms with Gasteiger partial charge in [-0.2, -0.15) is 4.99 Å². The topological polar surface area (TPSA) is 83.4 Å². The van der Waals surface area contributed by atoms with Crippen molar-refractivity contribution in [2.75, 3.05) is 19.8 Å². The van der Waals surface area contributed by atoms with Crippen molar-refractivity contribution in [3.8, 4) is 0 Å². The van der Waals surface area contributed by atoms with Crippen molar-refractivity contribution in [3.05, 3.63) is 42.5 Å². The molecule has 0 spiro atoms. The number of benzene rings is 1. The number of hydrogen-bond donors (Lipinski definition) is 0. The molecule has 12 heteroatoms. The van der Waals surface area contributed by atoms with E-state index in [-0.39, 0.29) is 28.1 Å². The first-order valence-corrected chi connectivity index (χ1v) is 15.5. The zero-order valence-electron chi connectivity index (χ0n) is 18.3. The molecular formula is C21H37Cl3NO6PSi. The Bertz CT molecular complexity index is 758. The first-order valence-electron chi connectivity index (χ1n) is 9.32. The minimum atomic E-state index is -3.53. The van der Waals surface area contributed by atoms with Crippen molar-refractivity contribution in [3.63, 3.8) is 0 Å². The van der Waals surface area contributed by atoms with Crippen LogP contribution in [-0.2, 0) is 22.8 Å². The molecule has 0 heterocycles. The van der Waals surface area contributed by atoms with Gasteiger partial charge >= 0.3 is 13.7 Å². The number of halogens is 3. The molecule has 0 radical (unpaired) electrons. The number of hydrogen-bond acceptors (Lipinski definition) is 6. The summed E-state index contributed by atoms with van der Waals surface area (Å²) in [6, 6.07) is 10.0. The number of carbonyl (C=O) groups excluding carboxylic acids is 1. The van der Waals surface area contributed by atoms with E-state index in [2.05, 4.69) is 35.9 Å². The van der Waals surface area contributed by atoms with Gasteiger partial charge in [0.2, 0.25) is 12.1 Å². The average molecular weight is 565 g/mol. The van der Waals surface area contributed by atoms with Crippen LogP contribution in [0, 0.1) is 0 Å². The quantitative estimate of drug-likeness (QED) is 0.0982. The molecular weight excluding hydrogens is 528 g/mol. The highest BCUT2D eigenvalue weighted by Gasteiger charge is 2.24. The molecule has 1 aromatic rings. The predicted octanol–water partition coefficient (Wildman–Crippen LogP) is 8.57. The normalized spacial score (nSPS) is 11.4. The molecule has 0 aliphatic carbocycles. The average Bonchev–Trinajstić information content (AvgIpc) is 2.64. The van der Waals surface area contributed by atoms with Gasteiger partial charge < -0.3 is 18.2 Å². The van der Waals surface area contributed by atoms with Crippen LogP contribution in [0.1, 0.15) is 34.3 Å². The molecule has 0 saturated carbocycles. The number of nitrogens with zero attached hydrogens (tertiary/aromatic N) is 1. The van der Waals surface area contributed by atoms with Crippen molar-refractivity contribution in [2.45, 2.75) is 52.1 Å². The van der Waals surface area contributed by atoms with Crippen molar-refractivity contribution >= 4 is 68.5 Å². The Kier molecular flexibility index (Phi) is 19.5. The summed E-state index contributed by atoms with van der Waals surface area (Å²) in [6.07, 6.45) is -1.05. The Hall–Kier alpha value is -0.863. The van der Waals surface area contributed by atoms with E-state index in [4.69, 9.17) is 48.3 Å². The molecule has 33 heavy (non-hydrogen) atoms. The Morgan fingerprint density at radius 1 is 1.09 bits per heavy atom. The third-order valence-corrected chi connectivity index (χ3v) is 5.63. The number of alkyl halides is 3. The highest BCUT2D eigenvalue weighted by atomic mass is 35.6. The Labute approximate surface area is 215 Å². The zero-order chi connectivity index (χ0) is 24.1. The van der Waals surface area contributed by atoms with Gasteiger partial charge in [-0.25, -0.2) is 4.79 Å². The maximum Gasteiger partial charge on any atom is 0.434 e. The molecule has 192 valence electrons. The number of ether oxygens (including phenoxy) is 1. The number of aliphatic imine (C=N–C) groups is 1. The maximum absolute atomic E-state index is 11.8. The van der Waals surface area contributed by atoms with Crippen LogP contribution in [0.15, 0.2) is 41.9 Å². The molecule has 0 bridgehead atoms. The van der Waals surface area contributed by atoms with Crippen molar-refractivity contribution in [1.82, 2.24) is 0 Å². The number of carbonyl (C=O) groups is 1. The van der Waals surface area contributed by atoms with Gasteiger partial charge in [0.05, 0.1) is 13.2 Å². The number of rotatable bonds is 9. The largest absolute Gasteiger partial charge is 0.544 e. The van der Waals surface area contributed by atoms with Gasteiger partial charge in [0.25, 0.3) is 0 Å². The SMILES string of the molecule is C.C.C=C(O[Si](C)(C)C)c1ccccc1.CCOP(=O)(C=NC(=O)OCC(Cl)(Cl)Cl)OCC. The minimum Gasteiger partial charge on any atom is -0.544 e. The highest BCUT2D eigenvalue weighted by molar-refractivity contribution is 7.69. The summed E-state index contributed by atoms with van der Waals surface area (Å²) >= 11 is 16.1. The summed E-state index contributed by atoms with van der Waals surface area (Å²) in [4.78, 5) is 14.4. The van der Waals surface area contributed by atoms with E-state index in [1.165, 1.54) is 0 Å². The second-order valence-corrected chi connectivity index (χ2v) is 15.6. The molecule has 1 aromatic carbocycles. The second-order valence-electron chi connectivity index (χ2n) is 6.79. The standard InChI is InChI=1S/C11H16OSi.C8H13Cl3NO5P.2CH4/c1-10(12-13(2,3)4)11-8-6-5-7-9-11;1-3-16-18(14,17-4-2)6-12-7(13)15-5-8(9,10)11;;/h5-9H,1H2,2-4H3;6H,3-5H2,1-2H3;2*1H4. The van der Waals surface area contributed by atoms with E-state index in [0.717, 1.165) is 17.3 Å². The predicted molar refractivity (Wildman–Crippen MR) is 144 cm³/mol. The summed E-state index contributed by atoms with van der Waals surface area (Å²) in [5.41, 5.74) is 1.07. The Morgan fingerprint density at radius 3 is 1.97 bits per heavy atom. The van der Waals surface area contributed by atoms with Gasteiger partial charge in [0.15, 0.2) is 0 Å². The monoisotopic (exact) mass is 563 g/mol. The fourth-order valence-electron chi connectivity index (χ4n) is 1.82. The van der Waals surface area contributed by atoms with E-state index in [9.17, 15) is 9.36 Å². The molecule has 0 unspecified atom stereocenters. The number of amides is 1. The smallest absolute Gasteiger partial charge is 0.434 e. The minimum absolute atomic E-state index is 0. The summed E-state index contributed by atoms with van der Waals surface area (Å²) in [5.74, 6) is 1.56. The Morgan fingerprint density at radius 2 is 1.58 bits per heavy atom. The van der Waals surface area contributed by atoms with Crippen LogP contribution in [0.5, 0.6) is 0 Å². The first kappa shape index (κ1) is 36.7. The fraction of sp³-hybridized carbons (Fsp3) is 0.524. The van der Waals surface area contributed by atoms with E-state index >= 15 is 0 Å². The maximum atomic E-state index is 11.8. The Balaban J connectivity index is -0.000000535. The molecule has 7 nitrogen and oxygen atoms in total. The van der Waals surface area contributed by atoms with Gasteiger partial charge in [0.1, 0.15) is 18.3 Å². The van der Waals surface area contributed by atoms with Crippen LogP contribution in [0.4, 0.5) is 4.79 Å². The van der Waals surface area contributed by atoms with Crippen LogP contribution in [-0.4, -0.2) is 44.0 Å². The van der Waals surface area contributed by atoms with Gasteiger partial charge in [-0.3, -0.25) is 4.57 Å². The lowest BCUT2D eigenvalue weighted by atomic mass is 10.2. The summed E-state index contributed by atoms with van der Waals surface area (Å²) < 4.78 is 30.1. The summed E-state index contributed by atoms with van der Waals surface area (Å²) in [5, 5.41) is 0. The summed E-state index contributed by atoms with van der Waals surface area (Å²) in [6.45, 7) is 13.5. The third kappa shape index (κ3) is 20.2. The van der Waals surface area contributed by atoms with Gasteiger partial charge in [-0.1, -0.05) is 86.6 Å². The van der Waals surface area contributed by atoms with Crippen LogP contribution in [0.2, 0.25) is 19.6 Å². The van der Waals surface area contributed by atoms with E-state index in [1.807, 2.05) is 30.3 Å². The fourth-order valence-corrected chi connectivity index (χ4v) is 4.00. The highest BCUT2D eigenvalue weighted by Crippen LogP contribution is 2.45. The van der Waals surface area contributed by atoms with Crippen LogP contribution in [0.25, 0.3) is 5.76 Å². The molecule has 0 aliphatic heterocycles. The first-order chi connectivity index (χ1) is 14.2. The zero-order valence-corrected chi connectivity index (χ0v) is 22.4. The van der Waals surface area contributed by atoms with Crippen LogP contribution >= 0.6 is 42.4 Å². The van der Waals surface area contributed by atoms with E-state index in [1.54, 1.807) is 13.8 Å². The van der Waals surface area contributed by atoms with Crippen molar-refractivity contribution in [1.29, 1.82) is 0 Å². The van der Waals surface area contributed by atoms with E-state index < -0.39 is 32.4 Å². The third-order valence-electron chi connectivity index (χ3n) is 2.81. The van der Waals surface area contributed by atoms with Gasteiger partial charge in [-0.05, 0) is 33.5 Å². The lowest BCUT2D eigenvalue weighted by Crippen LogP contribution is -2.24. The molecule has 0 aliphatic rings. The second kappa shape index (κ2) is 17.6. The lowest BCUT2D eigenvalue weighted by molar-refractivity contribution is 0.159.